The van der Waals surface area contributed by atoms with E-state index in [-0.39, 0.29) is 54.5 Å². The Morgan fingerprint density at radius 1 is 0.871 bits per heavy atom. The predicted octanol–water partition coefficient (Wildman–Crippen LogP) is 10.6. The summed E-state index contributed by atoms with van der Waals surface area (Å²) in [5, 5.41) is 18.1. The van der Waals surface area contributed by atoms with Crippen molar-refractivity contribution in [1.29, 1.82) is 0 Å². The molecule has 3 aliphatic heterocycles. The molecule has 5 aromatic rings. The van der Waals surface area contributed by atoms with E-state index >= 15 is 8.63 Å². The molecule has 0 radical (unpaired) electrons. The van der Waals surface area contributed by atoms with E-state index in [1.165, 1.54) is 16.9 Å². The molecule has 2 amide bonds. The monoisotopic (exact) mass is 1030 g/mol. The fourth-order valence-electron chi connectivity index (χ4n) is 9.28. The van der Waals surface area contributed by atoms with Gasteiger partial charge in [0.05, 0.1) is 9.35 Å². The van der Waals surface area contributed by atoms with Crippen molar-refractivity contribution in [2.24, 2.45) is 0 Å². The smallest absolute Gasteiger partial charge is 0.507 e. The Labute approximate surface area is 419 Å². The van der Waals surface area contributed by atoms with Crippen molar-refractivity contribution in [2.75, 3.05) is 38.6 Å². The van der Waals surface area contributed by atoms with Crippen LogP contribution in [0.1, 0.15) is 109 Å². The first-order chi connectivity index (χ1) is 33.8. The summed E-state index contributed by atoms with van der Waals surface area (Å²) in [6, 6.07) is 25.8. The Hall–Kier alpha value is -6.23. The lowest BCUT2D eigenvalue weighted by Gasteiger charge is -2.30. The van der Waals surface area contributed by atoms with Crippen LogP contribution >= 0.6 is 27.3 Å². The average Bonchev–Trinajstić information content (AvgIpc) is 4.11. The van der Waals surface area contributed by atoms with E-state index in [0.717, 1.165) is 56.5 Å². The number of allylic oxidation sites excluding steroid dienone is 2. The first kappa shape index (κ1) is 50.2. The van der Waals surface area contributed by atoms with Gasteiger partial charge < -0.3 is 43.0 Å². The van der Waals surface area contributed by atoms with Crippen LogP contribution in [0.4, 0.5) is 14.3 Å². The number of halogens is 3. The zero-order valence-electron chi connectivity index (χ0n) is 39.2. The third kappa shape index (κ3) is 12.6. The van der Waals surface area contributed by atoms with Crippen molar-refractivity contribution in [3.05, 3.63) is 151 Å². The summed E-state index contributed by atoms with van der Waals surface area (Å²) in [7, 11) is 2.10. The largest absolute Gasteiger partial charge is 0.737 e. The number of aromatic hydroxyl groups is 1. The highest BCUT2D eigenvalue weighted by Crippen LogP contribution is 2.38. The molecule has 1 atom stereocenters. The molecule has 364 valence electrons. The van der Waals surface area contributed by atoms with E-state index in [4.69, 9.17) is 4.74 Å². The maximum atomic E-state index is 16.1. The summed E-state index contributed by atoms with van der Waals surface area (Å²) in [5.74, 6) is 0.552. The number of benzene rings is 3. The van der Waals surface area contributed by atoms with Crippen LogP contribution in [-0.2, 0) is 25.6 Å². The summed E-state index contributed by atoms with van der Waals surface area (Å²) in [5.41, 5.74) is 6.68. The molecule has 11 nitrogen and oxygen atoms in total. The Morgan fingerprint density at radius 2 is 1.61 bits per heavy atom. The number of likely N-dealkylation sites (N-methyl/N-ethyl adjacent to an activating group) is 1. The number of unbranched alkanes of at least 4 members (excludes halogenated alkanes) is 2. The molecule has 0 fully saturated rings. The van der Waals surface area contributed by atoms with Gasteiger partial charge in [-0.05, 0) is 143 Å². The summed E-state index contributed by atoms with van der Waals surface area (Å²) >= 11 is 4.88. The van der Waals surface area contributed by atoms with Gasteiger partial charge in [0, 0.05) is 93.0 Å². The Kier molecular flexibility index (Phi) is 16.6. The molecular weight excluding hydrogens is 975 g/mol. The van der Waals surface area contributed by atoms with Gasteiger partial charge in [-0.15, -0.1) is 11.3 Å². The van der Waals surface area contributed by atoms with Crippen molar-refractivity contribution in [3.63, 3.8) is 0 Å². The van der Waals surface area contributed by atoms with E-state index in [1.54, 1.807) is 66.8 Å². The molecule has 0 bridgehead atoms. The molecule has 3 aromatic carbocycles. The number of ketones is 2. The van der Waals surface area contributed by atoms with Crippen LogP contribution < -0.4 is 15.4 Å². The molecule has 1 unspecified atom stereocenters. The van der Waals surface area contributed by atoms with Crippen LogP contribution in [0, 0.1) is 0 Å². The van der Waals surface area contributed by atoms with Gasteiger partial charge in [-0.25, -0.2) is 0 Å². The maximum absolute atomic E-state index is 16.1. The van der Waals surface area contributed by atoms with Crippen LogP contribution in [0.25, 0.3) is 18.2 Å². The number of hydrogen-bond acceptors (Lipinski definition) is 8. The second-order valence-electron chi connectivity index (χ2n) is 18.2. The van der Waals surface area contributed by atoms with Crippen molar-refractivity contribution in [2.45, 2.75) is 76.5 Å². The van der Waals surface area contributed by atoms with Crippen molar-refractivity contribution in [1.82, 2.24) is 14.7 Å². The Morgan fingerprint density at radius 3 is 2.36 bits per heavy atom. The molecule has 2 aromatic heterocycles. The van der Waals surface area contributed by atoms with Crippen LogP contribution in [0.5, 0.6) is 11.5 Å². The number of nitrogens with zero attached hydrogens (tertiary/aromatic N) is 3. The number of phenols is 1. The fourth-order valence-corrected chi connectivity index (χ4v) is 10.4. The van der Waals surface area contributed by atoms with E-state index in [1.807, 2.05) is 53.9 Å². The second kappa shape index (κ2) is 23.1. The van der Waals surface area contributed by atoms with Gasteiger partial charge in [0.2, 0.25) is 5.91 Å². The van der Waals surface area contributed by atoms with Gasteiger partial charge in [-0.2, -0.15) is 0 Å². The van der Waals surface area contributed by atoms with Crippen LogP contribution in [0.2, 0.25) is 0 Å². The summed E-state index contributed by atoms with van der Waals surface area (Å²) in [4.78, 5) is 53.1. The number of ether oxygens (including phenoxy) is 1. The Balaban J connectivity index is 0.655. The third-order valence-corrected chi connectivity index (χ3v) is 14.5. The number of Topliss-reactive ketones (excluding diaryl/α,β-unsaturated/α-hetero) is 2. The number of carbonyl (C=O) groups is 4. The fraction of sp³-hybridized carbons (Fsp3) is 0.315. The number of hydrogen-bond donors (Lipinski definition) is 3. The minimum Gasteiger partial charge on any atom is -0.507 e. The number of fused-ring (bicyclic) bond motifs is 3. The molecule has 16 heteroatoms. The number of nitrogens with one attached hydrogen (secondary N) is 2. The van der Waals surface area contributed by atoms with Gasteiger partial charge in [0.15, 0.2) is 18.0 Å². The Bertz CT molecular complexity index is 2840. The van der Waals surface area contributed by atoms with Crippen molar-refractivity contribution in [3.8, 4) is 11.5 Å². The van der Waals surface area contributed by atoms with Gasteiger partial charge in [0.1, 0.15) is 23.1 Å². The van der Waals surface area contributed by atoms with Gasteiger partial charge in [-0.1, -0.05) is 42.8 Å². The number of anilines is 1. The summed E-state index contributed by atoms with van der Waals surface area (Å²) in [6.45, 7) is -2.09. The average molecular weight is 1030 g/mol. The van der Waals surface area contributed by atoms with Crippen LogP contribution in [0.3, 0.4) is 0 Å². The molecule has 5 heterocycles. The molecule has 8 rings (SSSR count). The number of carbonyl (C=O) groups excluding carboxylic acids is 4. The molecule has 3 aliphatic rings. The molecule has 0 saturated heterocycles. The highest BCUT2D eigenvalue weighted by molar-refractivity contribution is 9.10. The van der Waals surface area contributed by atoms with Crippen LogP contribution in [-0.4, -0.2) is 88.3 Å². The molecule has 3 N–H and O–H groups in total. The summed E-state index contributed by atoms with van der Waals surface area (Å²) in [6.07, 6.45) is 14.3. The first-order valence-electron chi connectivity index (χ1n) is 24.0. The van der Waals surface area contributed by atoms with Gasteiger partial charge >= 0.3 is 6.97 Å². The predicted molar refractivity (Wildman–Crippen MR) is 278 cm³/mol. The number of aromatic nitrogens is 1. The highest BCUT2D eigenvalue weighted by Gasteiger charge is 2.52. The van der Waals surface area contributed by atoms with E-state index in [9.17, 15) is 24.3 Å². The van der Waals surface area contributed by atoms with E-state index in [0.29, 0.717) is 90.2 Å². The number of thiophene rings is 1. The number of phenolic OH excluding ortho intramolecular Hbond substituents is 1. The molecule has 0 aliphatic carbocycles. The third-order valence-electron chi connectivity index (χ3n) is 13.0. The standard InChI is InChI=1S/C54H57BBrF2N5O6S/c1-61-30-28-39-32-49(56)51(66)34-47(39)48(35-61)38-17-19-40(20-18-38)60-53(67)13-6-11-45(65)10-5-9-44(64)8-3-2-4-29-59-54(68)36-69-46-25-15-37(16-26-46)14-21-41-22-23-42-33-43-24-27-50(52-12-7-31-70-52)63(43)55(57,58)62(41)42/h7,12,14-27,31-34,48,66H,2-6,8-11,13,28-30,35-36H2,1H3,(H,59,68)(H,60,67)/b21-14+. The minimum absolute atomic E-state index is 0.0457. The zero-order chi connectivity index (χ0) is 49.2. The topological polar surface area (TPSA) is 133 Å². The number of rotatable bonds is 22. The summed E-state index contributed by atoms with van der Waals surface area (Å²) < 4.78 is 40.8. The molecule has 70 heavy (non-hydrogen) atoms. The van der Waals surface area contributed by atoms with Crippen LogP contribution in [0.15, 0.2) is 113 Å². The van der Waals surface area contributed by atoms with Crippen molar-refractivity contribution >= 4 is 87.2 Å². The molecule has 0 saturated carbocycles. The first-order valence-corrected chi connectivity index (χ1v) is 25.6. The lowest BCUT2D eigenvalue weighted by molar-refractivity contribution is -0.360. The van der Waals surface area contributed by atoms with Gasteiger partial charge in [0.25, 0.3) is 5.91 Å². The van der Waals surface area contributed by atoms with Crippen molar-refractivity contribution < 1.29 is 42.1 Å². The maximum Gasteiger partial charge on any atom is 0.737 e. The highest BCUT2D eigenvalue weighted by atomic mass is 79.9. The van der Waals surface area contributed by atoms with E-state index in [2.05, 4.69) is 38.5 Å². The SMILES string of the molecule is CN1CCc2cc(Br)c(O)cc2C(c2ccc(NC(=O)CCCC(=O)CCCC(=O)CCCCCNC(=O)COc3ccc(/C=C/c4ccc5n4[B-](F)(F)[N+]4=C(c6cccs6)C=CC4=C5)cc3)cc2)C1. The van der Waals surface area contributed by atoms with E-state index < -0.39 is 6.97 Å². The van der Waals surface area contributed by atoms with Gasteiger partial charge in [-0.3, -0.25) is 19.2 Å². The zero-order valence-corrected chi connectivity index (χ0v) is 41.6. The normalized spacial score (nSPS) is 16.1. The molecular formula is C54H57BBrF2N5O6S. The lowest BCUT2D eigenvalue weighted by Crippen LogP contribution is -2.50. The second-order valence-corrected chi connectivity index (χ2v) is 20.0. The quantitative estimate of drug-likeness (QED) is 0.0464. The minimum atomic E-state index is -4.13. The number of amides is 2. The lowest BCUT2D eigenvalue weighted by atomic mass is 9.88. The molecule has 0 spiro atoms.